The number of fused-ring (bicyclic) bond motifs is 1. The summed E-state index contributed by atoms with van der Waals surface area (Å²) in [5.74, 6) is 0. The standard InChI is InChI=1S/C16H23NO2/c18-16-9-11-17(15-8-2-1-7-14(15)16)10-3-5-13-6-4-12-19-13/h1-2,7-8,13,16,18H,3-6,9-12H2. The van der Waals surface area contributed by atoms with Crippen LogP contribution >= 0.6 is 0 Å². The van der Waals surface area contributed by atoms with E-state index in [4.69, 9.17) is 4.74 Å². The molecule has 0 radical (unpaired) electrons. The minimum absolute atomic E-state index is 0.286. The molecule has 1 saturated heterocycles. The Morgan fingerprint density at radius 2 is 2.16 bits per heavy atom. The zero-order valence-corrected chi connectivity index (χ0v) is 11.4. The molecule has 1 aromatic carbocycles. The first kappa shape index (κ1) is 12.9. The van der Waals surface area contributed by atoms with Crippen molar-refractivity contribution in [3.8, 4) is 0 Å². The van der Waals surface area contributed by atoms with E-state index >= 15 is 0 Å². The van der Waals surface area contributed by atoms with Gasteiger partial charge in [-0.3, -0.25) is 0 Å². The lowest BCUT2D eigenvalue weighted by Crippen LogP contribution is -2.32. The third kappa shape index (κ3) is 2.93. The normalized spacial score (nSPS) is 26.5. The lowest BCUT2D eigenvalue weighted by Gasteiger charge is -2.34. The third-order valence-electron chi connectivity index (χ3n) is 4.29. The summed E-state index contributed by atoms with van der Waals surface area (Å²) in [7, 11) is 0. The highest BCUT2D eigenvalue weighted by Gasteiger charge is 2.23. The number of benzene rings is 1. The predicted octanol–water partition coefficient (Wildman–Crippen LogP) is 2.89. The quantitative estimate of drug-likeness (QED) is 0.904. The second-order valence-corrected chi connectivity index (χ2v) is 5.63. The molecular weight excluding hydrogens is 238 g/mol. The summed E-state index contributed by atoms with van der Waals surface area (Å²) < 4.78 is 5.67. The molecule has 2 unspecified atom stereocenters. The molecule has 2 heterocycles. The van der Waals surface area contributed by atoms with E-state index < -0.39 is 0 Å². The maximum Gasteiger partial charge on any atom is 0.0826 e. The van der Waals surface area contributed by atoms with Crippen molar-refractivity contribution >= 4 is 5.69 Å². The Morgan fingerprint density at radius 1 is 1.26 bits per heavy atom. The molecule has 0 aromatic heterocycles. The summed E-state index contributed by atoms with van der Waals surface area (Å²) in [6, 6.07) is 8.25. The number of ether oxygens (including phenoxy) is 1. The van der Waals surface area contributed by atoms with E-state index in [0.29, 0.717) is 6.10 Å². The van der Waals surface area contributed by atoms with Crippen molar-refractivity contribution in [2.24, 2.45) is 0 Å². The molecule has 2 aliphatic rings. The topological polar surface area (TPSA) is 32.7 Å². The largest absolute Gasteiger partial charge is 0.388 e. The first-order valence-corrected chi connectivity index (χ1v) is 7.48. The molecular formula is C16H23NO2. The van der Waals surface area contributed by atoms with Crippen molar-refractivity contribution in [3.63, 3.8) is 0 Å². The van der Waals surface area contributed by atoms with Gasteiger partial charge in [-0.05, 0) is 38.2 Å². The maximum absolute atomic E-state index is 10.0. The number of rotatable bonds is 4. The van der Waals surface area contributed by atoms with Crippen molar-refractivity contribution in [1.29, 1.82) is 0 Å². The van der Waals surface area contributed by atoms with Gasteiger partial charge in [0.2, 0.25) is 0 Å². The second-order valence-electron chi connectivity index (χ2n) is 5.63. The average molecular weight is 261 g/mol. The number of aliphatic hydroxyl groups excluding tert-OH is 1. The van der Waals surface area contributed by atoms with Crippen LogP contribution in [0.1, 0.15) is 43.8 Å². The van der Waals surface area contributed by atoms with Gasteiger partial charge >= 0.3 is 0 Å². The highest BCUT2D eigenvalue weighted by atomic mass is 16.5. The summed E-state index contributed by atoms with van der Waals surface area (Å²) in [6.07, 6.45) is 5.85. The van der Waals surface area contributed by atoms with Crippen LogP contribution in [-0.4, -0.2) is 30.9 Å². The Labute approximate surface area is 115 Å². The molecule has 3 rings (SSSR count). The van der Waals surface area contributed by atoms with Gasteiger partial charge in [-0.25, -0.2) is 0 Å². The van der Waals surface area contributed by atoms with E-state index in [1.54, 1.807) is 0 Å². The zero-order valence-electron chi connectivity index (χ0n) is 11.4. The number of hydrogen-bond acceptors (Lipinski definition) is 3. The molecule has 0 saturated carbocycles. The number of anilines is 1. The zero-order chi connectivity index (χ0) is 13.1. The molecule has 0 spiro atoms. The van der Waals surface area contributed by atoms with E-state index in [9.17, 15) is 5.11 Å². The van der Waals surface area contributed by atoms with Gasteiger partial charge in [0.05, 0.1) is 12.2 Å². The van der Waals surface area contributed by atoms with Crippen LogP contribution in [-0.2, 0) is 4.74 Å². The Bertz CT molecular complexity index is 415. The van der Waals surface area contributed by atoms with Crippen LogP contribution < -0.4 is 4.90 Å². The molecule has 0 bridgehead atoms. The van der Waals surface area contributed by atoms with Crippen LogP contribution in [0.25, 0.3) is 0 Å². The second kappa shape index (κ2) is 5.93. The van der Waals surface area contributed by atoms with Crippen LogP contribution in [0.5, 0.6) is 0 Å². The molecule has 2 aliphatic heterocycles. The van der Waals surface area contributed by atoms with Crippen molar-refractivity contribution in [1.82, 2.24) is 0 Å². The molecule has 19 heavy (non-hydrogen) atoms. The number of aliphatic hydroxyl groups is 1. The Kier molecular flexibility index (Phi) is 4.04. The van der Waals surface area contributed by atoms with Crippen LogP contribution in [0.3, 0.4) is 0 Å². The summed E-state index contributed by atoms with van der Waals surface area (Å²) in [5.41, 5.74) is 2.31. The van der Waals surface area contributed by atoms with Crippen molar-refractivity contribution in [3.05, 3.63) is 29.8 Å². The molecule has 0 aliphatic carbocycles. The number of hydrogen-bond donors (Lipinski definition) is 1. The van der Waals surface area contributed by atoms with Crippen molar-refractivity contribution < 1.29 is 9.84 Å². The molecule has 2 atom stereocenters. The average Bonchev–Trinajstić information content (AvgIpc) is 2.95. The number of nitrogens with zero attached hydrogens (tertiary/aromatic N) is 1. The number of para-hydroxylation sites is 1. The first-order chi connectivity index (χ1) is 9.34. The molecule has 1 N–H and O–H groups in total. The fraction of sp³-hybridized carbons (Fsp3) is 0.625. The lowest BCUT2D eigenvalue weighted by molar-refractivity contribution is 0.103. The molecule has 1 fully saturated rings. The van der Waals surface area contributed by atoms with Crippen molar-refractivity contribution in [2.75, 3.05) is 24.6 Å². The van der Waals surface area contributed by atoms with E-state index in [2.05, 4.69) is 17.0 Å². The summed E-state index contributed by atoms with van der Waals surface area (Å²) in [5, 5.41) is 10.0. The molecule has 3 heteroatoms. The predicted molar refractivity (Wildman–Crippen MR) is 76.4 cm³/mol. The van der Waals surface area contributed by atoms with Gasteiger partial charge in [-0.15, -0.1) is 0 Å². The molecule has 104 valence electrons. The summed E-state index contributed by atoms with van der Waals surface area (Å²) >= 11 is 0. The Morgan fingerprint density at radius 3 is 3.00 bits per heavy atom. The lowest BCUT2D eigenvalue weighted by atomic mass is 9.98. The van der Waals surface area contributed by atoms with Crippen LogP contribution in [0, 0.1) is 0 Å². The van der Waals surface area contributed by atoms with E-state index in [1.807, 2.05) is 12.1 Å². The summed E-state index contributed by atoms with van der Waals surface area (Å²) in [6.45, 7) is 2.98. The van der Waals surface area contributed by atoms with Crippen LogP contribution in [0.15, 0.2) is 24.3 Å². The monoisotopic (exact) mass is 261 g/mol. The van der Waals surface area contributed by atoms with Crippen LogP contribution in [0.4, 0.5) is 5.69 Å². The highest BCUT2D eigenvalue weighted by molar-refractivity contribution is 5.56. The fourth-order valence-corrected chi connectivity index (χ4v) is 3.23. The SMILES string of the molecule is OC1CCN(CCCC2CCCO2)c2ccccc21. The highest BCUT2D eigenvalue weighted by Crippen LogP contribution is 2.33. The van der Waals surface area contributed by atoms with Gasteiger partial charge < -0.3 is 14.7 Å². The van der Waals surface area contributed by atoms with Crippen molar-refractivity contribution in [2.45, 2.75) is 44.3 Å². The van der Waals surface area contributed by atoms with Gasteiger partial charge in [0.15, 0.2) is 0 Å². The third-order valence-corrected chi connectivity index (χ3v) is 4.29. The minimum Gasteiger partial charge on any atom is -0.388 e. The Hall–Kier alpha value is -1.06. The van der Waals surface area contributed by atoms with Crippen LogP contribution in [0.2, 0.25) is 0 Å². The van der Waals surface area contributed by atoms with Gasteiger partial charge in [0.25, 0.3) is 0 Å². The van der Waals surface area contributed by atoms with E-state index in [1.165, 1.54) is 31.4 Å². The van der Waals surface area contributed by atoms with E-state index in [0.717, 1.165) is 31.7 Å². The molecule has 0 amide bonds. The minimum atomic E-state index is -0.286. The maximum atomic E-state index is 10.0. The Balaban J connectivity index is 1.58. The first-order valence-electron chi connectivity index (χ1n) is 7.48. The van der Waals surface area contributed by atoms with E-state index in [-0.39, 0.29) is 6.10 Å². The molecule has 3 nitrogen and oxygen atoms in total. The smallest absolute Gasteiger partial charge is 0.0826 e. The van der Waals surface area contributed by atoms with Gasteiger partial charge in [-0.2, -0.15) is 0 Å². The fourth-order valence-electron chi connectivity index (χ4n) is 3.23. The molecule has 1 aromatic rings. The van der Waals surface area contributed by atoms with Gasteiger partial charge in [0, 0.05) is 30.9 Å². The summed E-state index contributed by atoms with van der Waals surface area (Å²) in [4.78, 5) is 2.41. The van der Waals surface area contributed by atoms with Gasteiger partial charge in [-0.1, -0.05) is 18.2 Å². The van der Waals surface area contributed by atoms with Gasteiger partial charge in [0.1, 0.15) is 0 Å².